The van der Waals surface area contributed by atoms with Crippen molar-refractivity contribution in [1.82, 2.24) is 4.98 Å². The summed E-state index contributed by atoms with van der Waals surface area (Å²) in [4.78, 5) is 14.2. The van der Waals surface area contributed by atoms with E-state index in [0.717, 1.165) is 10.9 Å². The Hall–Kier alpha value is -1.97. The van der Waals surface area contributed by atoms with Gasteiger partial charge in [0.1, 0.15) is 0 Å². The molecule has 0 saturated carbocycles. The molecule has 0 fully saturated rings. The molecule has 4 heteroatoms. The van der Waals surface area contributed by atoms with Crippen molar-refractivity contribution in [1.29, 1.82) is 0 Å². The number of esters is 1. The summed E-state index contributed by atoms with van der Waals surface area (Å²) in [6.45, 7) is 0. The van der Waals surface area contributed by atoms with Crippen LogP contribution in [-0.4, -0.2) is 18.1 Å². The van der Waals surface area contributed by atoms with Gasteiger partial charge in [-0.1, -0.05) is 0 Å². The molecule has 0 unspecified atom stereocenters. The Kier molecular flexibility index (Phi) is 1.89. The van der Waals surface area contributed by atoms with Crippen molar-refractivity contribution >= 4 is 22.6 Å². The van der Waals surface area contributed by atoms with Gasteiger partial charge in [0, 0.05) is 11.6 Å². The van der Waals surface area contributed by atoms with Crippen molar-refractivity contribution in [3.8, 4) is 0 Å². The van der Waals surface area contributed by atoms with Crippen LogP contribution in [0.15, 0.2) is 24.4 Å². The third-order valence-corrected chi connectivity index (χ3v) is 2.11. The third-order valence-electron chi connectivity index (χ3n) is 2.11. The lowest BCUT2D eigenvalue weighted by Crippen LogP contribution is -2.02. The van der Waals surface area contributed by atoms with Crippen molar-refractivity contribution in [2.45, 2.75) is 0 Å². The quantitative estimate of drug-likeness (QED) is 0.529. The van der Waals surface area contributed by atoms with Crippen LogP contribution in [0.4, 0.5) is 5.69 Å². The van der Waals surface area contributed by atoms with Crippen LogP contribution in [0.2, 0.25) is 0 Å². The van der Waals surface area contributed by atoms with Crippen LogP contribution >= 0.6 is 0 Å². The van der Waals surface area contributed by atoms with Gasteiger partial charge in [0.2, 0.25) is 0 Å². The van der Waals surface area contributed by atoms with E-state index < -0.39 is 0 Å². The Labute approximate surface area is 80.7 Å². The average molecular weight is 190 g/mol. The van der Waals surface area contributed by atoms with Crippen LogP contribution < -0.4 is 5.73 Å². The minimum absolute atomic E-state index is 0.375. The van der Waals surface area contributed by atoms with Gasteiger partial charge < -0.3 is 15.5 Å². The fourth-order valence-electron chi connectivity index (χ4n) is 1.44. The second kappa shape index (κ2) is 3.06. The van der Waals surface area contributed by atoms with Crippen molar-refractivity contribution < 1.29 is 9.53 Å². The molecule has 0 amide bonds. The fraction of sp³-hybridized carbons (Fsp3) is 0.100. The lowest BCUT2D eigenvalue weighted by molar-refractivity contribution is 0.0601. The Morgan fingerprint density at radius 1 is 1.50 bits per heavy atom. The maximum absolute atomic E-state index is 11.2. The van der Waals surface area contributed by atoms with E-state index in [1.807, 2.05) is 6.07 Å². The molecule has 0 spiro atoms. The van der Waals surface area contributed by atoms with E-state index >= 15 is 0 Å². The fourth-order valence-corrected chi connectivity index (χ4v) is 1.44. The number of H-pyrrole nitrogens is 1. The molecule has 3 N–H and O–H groups in total. The molecule has 1 aromatic heterocycles. The number of nitrogens with one attached hydrogen (secondary N) is 1. The molecule has 0 saturated heterocycles. The summed E-state index contributed by atoms with van der Waals surface area (Å²) < 4.78 is 4.61. The monoisotopic (exact) mass is 190 g/mol. The van der Waals surface area contributed by atoms with E-state index in [1.165, 1.54) is 7.11 Å². The van der Waals surface area contributed by atoms with E-state index in [9.17, 15) is 4.79 Å². The van der Waals surface area contributed by atoms with Gasteiger partial charge in [-0.15, -0.1) is 0 Å². The minimum Gasteiger partial charge on any atom is -0.465 e. The number of fused-ring (bicyclic) bond motifs is 1. The number of nitrogen functional groups attached to an aromatic ring is 1. The number of aromatic amines is 1. The molecule has 4 nitrogen and oxygen atoms in total. The van der Waals surface area contributed by atoms with Gasteiger partial charge in [0.25, 0.3) is 0 Å². The summed E-state index contributed by atoms with van der Waals surface area (Å²) in [5.74, 6) is -0.375. The second-order valence-electron chi connectivity index (χ2n) is 3.00. The third kappa shape index (κ3) is 1.21. The predicted octanol–water partition coefficient (Wildman–Crippen LogP) is 1.54. The molecule has 0 aliphatic carbocycles. The molecule has 2 rings (SSSR count). The summed E-state index contributed by atoms with van der Waals surface area (Å²) in [6.07, 6.45) is 1.78. The Morgan fingerprint density at radius 3 is 3.00 bits per heavy atom. The van der Waals surface area contributed by atoms with Gasteiger partial charge in [-0.3, -0.25) is 0 Å². The number of ether oxygens (including phenoxy) is 1. The smallest absolute Gasteiger partial charge is 0.337 e. The topological polar surface area (TPSA) is 68.1 Å². The van der Waals surface area contributed by atoms with Crippen LogP contribution in [0.1, 0.15) is 10.4 Å². The predicted molar refractivity (Wildman–Crippen MR) is 54.1 cm³/mol. The zero-order valence-electron chi connectivity index (χ0n) is 7.70. The molecular formula is C10H10N2O2. The standard InChI is InChI=1S/C10H10N2O2/c1-14-10(13)7-4-6-2-3-12-9(6)8(11)5-7/h2-5,12H,11H2,1H3. The number of hydrogen-bond acceptors (Lipinski definition) is 3. The highest BCUT2D eigenvalue weighted by atomic mass is 16.5. The number of nitrogens with two attached hydrogens (primary N) is 1. The maximum atomic E-state index is 11.2. The summed E-state index contributed by atoms with van der Waals surface area (Å²) in [7, 11) is 1.35. The number of aromatic nitrogens is 1. The molecule has 0 aliphatic rings. The SMILES string of the molecule is COC(=O)c1cc(N)c2[nH]ccc2c1. The first-order chi connectivity index (χ1) is 6.72. The summed E-state index contributed by atoms with van der Waals surface area (Å²) in [5, 5.41) is 0.908. The van der Waals surface area contributed by atoms with Crippen molar-refractivity contribution in [2.75, 3.05) is 12.8 Å². The molecule has 0 bridgehead atoms. The Bertz CT molecular complexity index is 488. The van der Waals surface area contributed by atoms with Crippen LogP contribution in [0.25, 0.3) is 10.9 Å². The highest BCUT2D eigenvalue weighted by molar-refractivity contribution is 5.99. The Balaban J connectivity index is 2.64. The van der Waals surface area contributed by atoms with Crippen LogP contribution in [0.5, 0.6) is 0 Å². The van der Waals surface area contributed by atoms with Gasteiger partial charge in [0.15, 0.2) is 0 Å². The average Bonchev–Trinajstić information content (AvgIpc) is 2.64. The number of carbonyl (C=O) groups is 1. The van der Waals surface area contributed by atoms with Crippen molar-refractivity contribution in [3.05, 3.63) is 30.0 Å². The highest BCUT2D eigenvalue weighted by Crippen LogP contribution is 2.21. The molecule has 1 aromatic carbocycles. The molecular weight excluding hydrogens is 180 g/mol. The lowest BCUT2D eigenvalue weighted by atomic mass is 10.1. The highest BCUT2D eigenvalue weighted by Gasteiger charge is 2.08. The summed E-state index contributed by atoms with van der Waals surface area (Å²) in [6, 6.07) is 5.21. The summed E-state index contributed by atoms with van der Waals surface area (Å²) >= 11 is 0. The van der Waals surface area contributed by atoms with E-state index in [4.69, 9.17) is 5.73 Å². The summed E-state index contributed by atoms with van der Waals surface area (Å²) in [5.41, 5.74) is 7.62. The number of rotatable bonds is 1. The van der Waals surface area contributed by atoms with Crippen LogP contribution in [0.3, 0.4) is 0 Å². The van der Waals surface area contributed by atoms with Crippen molar-refractivity contribution in [2.24, 2.45) is 0 Å². The molecule has 0 atom stereocenters. The molecule has 0 radical (unpaired) electrons. The van der Waals surface area contributed by atoms with E-state index in [2.05, 4.69) is 9.72 Å². The number of hydrogen-bond donors (Lipinski definition) is 2. The maximum Gasteiger partial charge on any atom is 0.337 e. The van der Waals surface area contributed by atoms with Gasteiger partial charge in [0.05, 0.1) is 23.9 Å². The lowest BCUT2D eigenvalue weighted by Gasteiger charge is -2.01. The first-order valence-electron chi connectivity index (χ1n) is 4.17. The van der Waals surface area contributed by atoms with Crippen LogP contribution in [-0.2, 0) is 4.74 Å². The first-order valence-corrected chi connectivity index (χ1v) is 4.17. The molecule has 1 heterocycles. The van der Waals surface area contributed by atoms with Crippen molar-refractivity contribution in [3.63, 3.8) is 0 Å². The van der Waals surface area contributed by atoms with Gasteiger partial charge in [-0.05, 0) is 18.2 Å². The molecule has 72 valence electrons. The van der Waals surface area contributed by atoms with E-state index in [-0.39, 0.29) is 5.97 Å². The van der Waals surface area contributed by atoms with Crippen LogP contribution in [0, 0.1) is 0 Å². The van der Waals surface area contributed by atoms with Gasteiger partial charge >= 0.3 is 5.97 Å². The molecule has 14 heavy (non-hydrogen) atoms. The molecule has 0 aliphatic heterocycles. The number of anilines is 1. The second-order valence-corrected chi connectivity index (χ2v) is 3.00. The minimum atomic E-state index is -0.375. The van der Waals surface area contributed by atoms with Gasteiger partial charge in [-0.25, -0.2) is 4.79 Å². The van der Waals surface area contributed by atoms with E-state index in [1.54, 1.807) is 18.3 Å². The number of carbonyl (C=O) groups excluding carboxylic acids is 1. The molecule has 2 aromatic rings. The zero-order valence-corrected chi connectivity index (χ0v) is 7.70. The van der Waals surface area contributed by atoms with Gasteiger partial charge in [-0.2, -0.15) is 0 Å². The van der Waals surface area contributed by atoms with E-state index in [0.29, 0.717) is 11.3 Å². The first kappa shape index (κ1) is 8.62. The number of benzene rings is 1. The normalized spacial score (nSPS) is 10.4. The largest absolute Gasteiger partial charge is 0.465 e. The number of methoxy groups -OCH3 is 1. The Morgan fingerprint density at radius 2 is 2.29 bits per heavy atom. The zero-order chi connectivity index (χ0) is 10.1.